The zero-order valence-electron chi connectivity index (χ0n) is 12.2. The maximum atomic E-state index is 12.7. The van der Waals surface area contributed by atoms with E-state index in [9.17, 15) is 4.79 Å². The molecule has 0 aliphatic rings. The highest BCUT2D eigenvalue weighted by Gasteiger charge is 2.32. The lowest BCUT2D eigenvalue weighted by Crippen LogP contribution is -2.45. The van der Waals surface area contributed by atoms with Crippen LogP contribution >= 0.6 is 0 Å². The van der Waals surface area contributed by atoms with Crippen LogP contribution in [0.25, 0.3) is 0 Å². The van der Waals surface area contributed by atoms with Gasteiger partial charge in [0, 0.05) is 12.4 Å². The van der Waals surface area contributed by atoms with E-state index >= 15 is 0 Å². The highest BCUT2D eigenvalue weighted by molar-refractivity contribution is 5.94. The van der Waals surface area contributed by atoms with Gasteiger partial charge in [-0.15, -0.1) is 0 Å². The van der Waals surface area contributed by atoms with Gasteiger partial charge in [-0.3, -0.25) is 9.78 Å². The van der Waals surface area contributed by atoms with Crippen molar-refractivity contribution in [3.63, 3.8) is 0 Å². The second kappa shape index (κ2) is 6.19. The molecule has 4 heteroatoms. The molecule has 0 N–H and O–H groups in total. The molecule has 0 saturated heterocycles. The van der Waals surface area contributed by atoms with Crippen molar-refractivity contribution in [1.29, 1.82) is 5.26 Å². The van der Waals surface area contributed by atoms with Crippen molar-refractivity contribution in [3.05, 3.63) is 66.0 Å². The maximum absolute atomic E-state index is 12.7. The summed E-state index contributed by atoms with van der Waals surface area (Å²) in [5.74, 6) is -0.196. The Morgan fingerprint density at radius 3 is 2.52 bits per heavy atom. The van der Waals surface area contributed by atoms with E-state index in [-0.39, 0.29) is 12.5 Å². The largest absolute Gasteiger partial charge is 0.316 e. The van der Waals surface area contributed by atoms with Gasteiger partial charge in [0.25, 0.3) is 5.91 Å². The molecular formula is C17H17N3O. The molecule has 106 valence electrons. The third-order valence-electron chi connectivity index (χ3n) is 3.54. The molecule has 0 unspecified atom stereocenters. The first-order chi connectivity index (χ1) is 10.1. The summed E-state index contributed by atoms with van der Waals surface area (Å²) in [7, 11) is 0. The van der Waals surface area contributed by atoms with E-state index in [1.54, 1.807) is 23.2 Å². The van der Waals surface area contributed by atoms with Gasteiger partial charge >= 0.3 is 0 Å². The van der Waals surface area contributed by atoms with Crippen LogP contribution in [0.2, 0.25) is 0 Å². The fraction of sp³-hybridized carbons (Fsp3) is 0.235. The van der Waals surface area contributed by atoms with Crippen LogP contribution < -0.4 is 0 Å². The van der Waals surface area contributed by atoms with Crippen molar-refractivity contribution < 1.29 is 4.79 Å². The van der Waals surface area contributed by atoms with Gasteiger partial charge in [0.2, 0.25) is 0 Å². The summed E-state index contributed by atoms with van der Waals surface area (Å²) < 4.78 is 0. The molecule has 0 aliphatic heterocycles. The zero-order chi connectivity index (χ0) is 15.3. The Balaban J connectivity index is 2.40. The fourth-order valence-corrected chi connectivity index (χ4v) is 2.24. The van der Waals surface area contributed by atoms with Crippen LogP contribution in [0, 0.1) is 11.3 Å². The third kappa shape index (κ3) is 3.09. The van der Waals surface area contributed by atoms with Gasteiger partial charge in [0.05, 0.1) is 17.2 Å². The second-order valence-electron chi connectivity index (χ2n) is 5.22. The number of carbonyl (C=O) groups excluding carboxylic acids is 1. The second-order valence-corrected chi connectivity index (χ2v) is 5.22. The monoisotopic (exact) mass is 279 g/mol. The molecule has 21 heavy (non-hydrogen) atoms. The normalized spacial score (nSPS) is 10.7. The van der Waals surface area contributed by atoms with Crippen molar-refractivity contribution in [1.82, 2.24) is 9.88 Å². The summed E-state index contributed by atoms with van der Waals surface area (Å²) in [5, 5.41) is 9.08. The Kier molecular flexibility index (Phi) is 4.34. The molecule has 0 spiro atoms. The van der Waals surface area contributed by atoms with Gasteiger partial charge in [-0.1, -0.05) is 30.3 Å². The van der Waals surface area contributed by atoms with Gasteiger partial charge in [0.1, 0.15) is 6.54 Å². The zero-order valence-corrected chi connectivity index (χ0v) is 12.2. The minimum Gasteiger partial charge on any atom is -0.316 e. The Morgan fingerprint density at radius 1 is 1.24 bits per heavy atom. The standard InChI is InChI=1S/C17H17N3O/c1-17(2,15-8-4-3-5-9-15)20(12-10-18)16(21)14-7-6-11-19-13-14/h3-9,11,13H,12H2,1-2H3. The van der Waals surface area contributed by atoms with E-state index in [1.165, 1.54) is 6.20 Å². The summed E-state index contributed by atoms with van der Waals surface area (Å²) in [6.45, 7) is 3.90. The van der Waals surface area contributed by atoms with E-state index in [4.69, 9.17) is 5.26 Å². The summed E-state index contributed by atoms with van der Waals surface area (Å²) in [6.07, 6.45) is 3.14. The fourth-order valence-electron chi connectivity index (χ4n) is 2.24. The highest BCUT2D eigenvalue weighted by Crippen LogP contribution is 2.28. The summed E-state index contributed by atoms with van der Waals surface area (Å²) in [5.41, 5.74) is 0.887. The predicted molar refractivity (Wildman–Crippen MR) is 80.4 cm³/mol. The average Bonchev–Trinajstić information content (AvgIpc) is 2.53. The molecule has 0 fully saturated rings. The Hall–Kier alpha value is -2.67. The quantitative estimate of drug-likeness (QED) is 0.808. The molecule has 0 saturated carbocycles. The first-order valence-electron chi connectivity index (χ1n) is 6.72. The number of nitrogens with zero attached hydrogens (tertiary/aromatic N) is 3. The van der Waals surface area contributed by atoms with Gasteiger partial charge < -0.3 is 4.90 Å². The van der Waals surface area contributed by atoms with Gasteiger partial charge in [-0.25, -0.2) is 0 Å². The third-order valence-corrected chi connectivity index (χ3v) is 3.54. The van der Waals surface area contributed by atoms with E-state index < -0.39 is 5.54 Å². The molecule has 1 amide bonds. The molecule has 0 aliphatic carbocycles. The van der Waals surface area contributed by atoms with Crippen LogP contribution in [0.1, 0.15) is 29.8 Å². The molecule has 1 aromatic heterocycles. The molecule has 0 bridgehead atoms. The molecule has 2 aromatic rings. The molecule has 2 rings (SSSR count). The van der Waals surface area contributed by atoms with Crippen LogP contribution in [0.5, 0.6) is 0 Å². The number of hydrogen-bond acceptors (Lipinski definition) is 3. The van der Waals surface area contributed by atoms with E-state index in [0.717, 1.165) is 5.56 Å². The Bertz CT molecular complexity index is 645. The lowest BCUT2D eigenvalue weighted by molar-refractivity contribution is 0.0582. The predicted octanol–water partition coefficient (Wildman–Crippen LogP) is 2.98. The molecular weight excluding hydrogens is 262 g/mol. The van der Waals surface area contributed by atoms with Crippen LogP contribution in [-0.4, -0.2) is 22.3 Å². The van der Waals surface area contributed by atoms with Gasteiger partial charge in [-0.05, 0) is 31.5 Å². The SMILES string of the molecule is CC(C)(c1ccccc1)N(CC#N)C(=O)c1cccnc1. The van der Waals surface area contributed by atoms with Crippen molar-refractivity contribution >= 4 is 5.91 Å². The van der Waals surface area contributed by atoms with Gasteiger partial charge in [0.15, 0.2) is 0 Å². The van der Waals surface area contributed by atoms with E-state index in [2.05, 4.69) is 11.1 Å². The van der Waals surface area contributed by atoms with Crippen molar-refractivity contribution in [2.45, 2.75) is 19.4 Å². The number of nitriles is 1. The number of amides is 1. The maximum Gasteiger partial charge on any atom is 0.256 e. The minimum atomic E-state index is -0.579. The lowest BCUT2D eigenvalue weighted by atomic mass is 9.91. The molecule has 1 aromatic carbocycles. The topological polar surface area (TPSA) is 57.0 Å². The molecule has 4 nitrogen and oxygen atoms in total. The summed E-state index contributed by atoms with van der Waals surface area (Å²) in [4.78, 5) is 18.2. The first-order valence-corrected chi connectivity index (χ1v) is 6.72. The van der Waals surface area contributed by atoms with Crippen molar-refractivity contribution in [2.24, 2.45) is 0 Å². The molecule has 0 radical (unpaired) electrons. The molecule has 0 atom stereocenters. The van der Waals surface area contributed by atoms with E-state index in [1.807, 2.05) is 44.2 Å². The number of benzene rings is 1. The average molecular weight is 279 g/mol. The van der Waals surface area contributed by atoms with Crippen molar-refractivity contribution in [3.8, 4) is 6.07 Å². The van der Waals surface area contributed by atoms with Gasteiger partial charge in [-0.2, -0.15) is 5.26 Å². The number of pyridine rings is 1. The number of hydrogen-bond donors (Lipinski definition) is 0. The first kappa shape index (κ1) is 14.7. The van der Waals surface area contributed by atoms with Crippen LogP contribution in [0.3, 0.4) is 0 Å². The summed E-state index contributed by atoms with van der Waals surface area (Å²) >= 11 is 0. The minimum absolute atomic E-state index is 0.0234. The summed E-state index contributed by atoms with van der Waals surface area (Å²) in [6, 6.07) is 15.2. The Labute approximate surface area is 124 Å². The number of carbonyl (C=O) groups is 1. The number of aromatic nitrogens is 1. The Morgan fingerprint density at radius 2 is 1.95 bits per heavy atom. The number of rotatable bonds is 4. The lowest BCUT2D eigenvalue weighted by Gasteiger charge is -2.37. The van der Waals surface area contributed by atoms with Crippen LogP contribution in [-0.2, 0) is 5.54 Å². The van der Waals surface area contributed by atoms with Crippen molar-refractivity contribution in [2.75, 3.05) is 6.54 Å². The molecule has 1 heterocycles. The van der Waals surface area contributed by atoms with Crippen LogP contribution in [0.4, 0.5) is 0 Å². The smallest absolute Gasteiger partial charge is 0.256 e. The van der Waals surface area contributed by atoms with E-state index in [0.29, 0.717) is 5.56 Å². The van der Waals surface area contributed by atoms with Crippen LogP contribution in [0.15, 0.2) is 54.9 Å². The highest BCUT2D eigenvalue weighted by atomic mass is 16.2.